The smallest absolute Gasteiger partial charge is 0.406 e. The van der Waals surface area contributed by atoms with Gasteiger partial charge in [0, 0.05) is 16.2 Å². The van der Waals surface area contributed by atoms with E-state index in [0.29, 0.717) is 0 Å². The summed E-state index contributed by atoms with van der Waals surface area (Å²) in [6.07, 6.45) is -4.68. The van der Waals surface area contributed by atoms with Gasteiger partial charge in [0.25, 0.3) is 0 Å². The zero-order valence-electron chi connectivity index (χ0n) is 12.2. The number of benzene rings is 3. The molecule has 2 nitrogen and oxygen atoms in total. The maximum absolute atomic E-state index is 12.2. The van der Waals surface area contributed by atoms with E-state index < -0.39 is 6.36 Å². The lowest BCUT2D eigenvalue weighted by Gasteiger charge is -2.10. The molecule has 0 atom stereocenters. The van der Waals surface area contributed by atoms with E-state index in [1.807, 2.05) is 35.7 Å². The van der Waals surface area contributed by atoms with Crippen LogP contribution in [0.5, 0.6) is 5.75 Å². The van der Waals surface area contributed by atoms with E-state index in [-0.39, 0.29) is 5.75 Å². The van der Waals surface area contributed by atoms with Crippen LogP contribution in [0.3, 0.4) is 0 Å². The number of alkyl halides is 3. The third kappa shape index (κ3) is 2.80. The summed E-state index contributed by atoms with van der Waals surface area (Å²) in [6, 6.07) is 15.9. The molecule has 0 aliphatic rings. The summed E-state index contributed by atoms with van der Waals surface area (Å²) in [7, 11) is 0. The van der Waals surface area contributed by atoms with Crippen LogP contribution in [0.4, 0.5) is 13.2 Å². The molecule has 3 aromatic carbocycles. The molecule has 0 saturated carbocycles. The molecule has 0 aliphatic carbocycles. The molecule has 0 fully saturated rings. The molecule has 0 N–H and O–H groups in total. The van der Waals surface area contributed by atoms with Crippen LogP contribution in [-0.4, -0.2) is 10.7 Å². The number of aromatic nitrogens is 1. The minimum Gasteiger partial charge on any atom is -0.406 e. The van der Waals surface area contributed by atoms with Crippen molar-refractivity contribution >= 4 is 33.2 Å². The van der Waals surface area contributed by atoms with Gasteiger partial charge >= 0.3 is 6.36 Å². The molecule has 0 unspecified atom stereocenters. The Morgan fingerprint density at radius 3 is 2.29 bits per heavy atom. The summed E-state index contributed by atoms with van der Waals surface area (Å²) >= 11 is 1.42. The third-order valence-corrected chi connectivity index (χ3v) is 4.41. The van der Waals surface area contributed by atoms with E-state index in [1.54, 1.807) is 12.1 Å². The first kappa shape index (κ1) is 15.0. The van der Waals surface area contributed by atoms with Crippen LogP contribution >= 0.6 is 11.5 Å². The SMILES string of the molecule is FC(F)(F)Oc1ccc(-c2ccc3c(ccc4csnc43)c2)cc1. The Morgan fingerprint density at radius 2 is 1.54 bits per heavy atom. The molecular formula is C18H10F3NOS. The van der Waals surface area contributed by atoms with Gasteiger partial charge in [-0.1, -0.05) is 36.4 Å². The number of hydrogen-bond acceptors (Lipinski definition) is 3. The Labute approximate surface area is 139 Å². The predicted octanol–water partition coefficient (Wildman–Crippen LogP) is 6.02. The van der Waals surface area contributed by atoms with Gasteiger partial charge in [0.1, 0.15) is 5.75 Å². The number of ether oxygens (including phenoxy) is 1. The molecule has 0 radical (unpaired) electrons. The number of halogens is 3. The quantitative estimate of drug-likeness (QED) is 0.443. The fourth-order valence-electron chi connectivity index (χ4n) is 2.69. The van der Waals surface area contributed by atoms with E-state index in [0.717, 1.165) is 32.8 Å². The van der Waals surface area contributed by atoms with Crippen LogP contribution < -0.4 is 4.74 Å². The first-order valence-corrected chi connectivity index (χ1v) is 7.96. The van der Waals surface area contributed by atoms with Crippen molar-refractivity contribution in [2.24, 2.45) is 0 Å². The molecule has 1 heterocycles. The zero-order valence-corrected chi connectivity index (χ0v) is 13.0. The minimum absolute atomic E-state index is 0.226. The van der Waals surface area contributed by atoms with Crippen molar-refractivity contribution in [3.8, 4) is 16.9 Å². The van der Waals surface area contributed by atoms with Gasteiger partial charge in [0.15, 0.2) is 0 Å². The average Bonchev–Trinajstić information content (AvgIpc) is 3.02. The van der Waals surface area contributed by atoms with Crippen molar-refractivity contribution in [2.75, 3.05) is 0 Å². The fourth-order valence-corrected chi connectivity index (χ4v) is 3.36. The topological polar surface area (TPSA) is 22.1 Å². The van der Waals surface area contributed by atoms with E-state index in [1.165, 1.54) is 23.7 Å². The highest BCUT2D eigenvalue weighted by molar-refractivity contribution is 7.04. The summed E-state index contributed by atoms with van der Waals surface area (Å²) in [6.45, 7) is 0. The van der Waals surface area contributed by atoms with Crippen LogP contribution in [0.25, 0.3) is 32.8 Å². The number of rotatable bonds is 2. The molecule has 0 aliphatic heterocycles. The standard InChI is InChI=1S/C18H10F3NOS/c19-18(20,21)23-15-6-3-11(4-7-15)12-5-8-16-13(9-12)1-2-14-10-24-22-17(14)16/h1-10H. The highest BCUT2D eigenvalue weighted by Crippen LogP contribution is 2.31. The predicted molar refractivity (Wildman–Crippen MR) is 89.2 cm³/mol. The van der Waals surface area contributed by atoms with E-state index in [4.69, 9.17) is 0 Å². The van der Waals surface area contributed by atoms with Crippen molar-refractivity contribution in [3.05, 3.63) is 60.0 Å². The molecule has 24 heavy (non-hydrogen) atoms. The largest absolute Gasteiger partial charge is 0.573 e. The van der Waals surface area contributed by atoms with Gasteiger partial charge in [0.05, 0.1) is 5.52 Å². The minimum atomic E-state index is -4.68. The van der Waals surface area contributed by atoms with Crippen molar-refractivity contribution in [3.63, 3.8) is 0 Å². The van der Waals surface area contributed by atoms with E-state index in [2.05, 4.69) is 9.11 Å². The van der Waals surface area contributed by atoms with Gasteiger partial charge < -0.3 is 4.74 Å². The van der Waals surface area contributed by atoms with Crippen LogP contribution in [0.2, 0.25) is 0 Å². The lowest BCUT2D eigenvalue weighted by atomic mass is 10.00. The molecule has 6 heteroatoms. The van der Waals surface area contributed by atoms with Crippen LogP contribution in [0.15, 0.2) is 60.0 Å². The lowest BCUT2D eigenvalue weighted by Crippen LogP contribution is -2.16. The van der Waals surface area contributed by atoms with Crippen molar-refractivity contribution in [1.29, 1.82) is 0 Å². The van der Waals surface area contributed by atoms with Gasteiger partial charge in [-0.25, -0.2) is 0 Å². The number of fused-ring (bicyclic) bond motifs is 3. The van der Waals surface area contributed by atoms with Gasteiger partial charge in [0.2, 0.25) is 0 Å². The lowest BCUT2D eigenvalue weighted by molar-refractivity contribution is -0.274. The summed E-state index contributed by atoms with van der Waals surface area (Å²) in [5.41, 5.74) is 2.72. The van der Waals surface area contributed by atoms with E-state index in [9.17, 15) is 13.2 Å². The molecule has 4 aromatic rings. The molecule has 0 bridgehead atoms. The summed E-state index contributed by atoms with van der Waals surface area (Å²) in [4.78, 5) is 0. The molecule has 0 spiro atoms. The second-order valence-electron chi connectivity index (χ2n) is 5.33. The second-order valence-corrected chi connectivity index (χ2v) is 5.96. The molecule has 4 rings (SSSR count). The first-order valence-electron chi connectivity index (χ1n) is 7.13. The van der Waals surface area contributed by atoms with Gasteiger partial charge in [-0.2, -0.15) is 4.37 Å². The van der Waals surface area contributed by atoms with Crippen LogP contribution in [0.1, 0.15) is 0 Å². The van der Waals surface area contributed by atoms with Gasteiger partial charge in [-0.3, -0.25) is 0 Å². The molecule has 120 valence electrons. The molecule has 0 amide bonds. The average molecular weight is 345 g/mol. The first-order chi connectivity index (χ1) is 11.5. The maximum Gasteiger partial charge on any atom is 0.573 e. The number of nitrogens with zero attached hydrogens (tertiary/aromatic N) is 1. The normalized spacial score (nSPS) is 12.0. The van der Waals surface area contributed by atoms with Crippen molar-refractivity contribution in [1.82, 2.24) is 4.37 Å². The van der Waals surface area contributed by atoms with Crippen LogP contribution in [-0.2, 0) is 0 Å². The Hall–Kier alpha value is -2.60. The zero-order chi connectivity index (χ0) is 16.7. The Balaban J connectivity index is 1.72. The maximum atomic E-state index is 12.2. The Bertz CT molecular complexity index is 1020. The summed E-state index contributed by atoms with van der Waals surface area (Å²) < 4.78 is 44.9. The monoisotopic (exact) mass is 345 g/mol. The van der Waals surface area contributed by atoms with Crippen LogP contribution in [0, 0.1) is 0 Å². The van der Waals surface area contributed by atoms with E-state index >= 15 is 0 Å². The molecular weight excluding hydrogens is 335 g/mol. The second kappa shape index (κ2) is 5.49. The van der Waals surface area contributed by atoms with Crippen molar-refractivity contribution in [2.45, 2.75) is 6.36 Å². The summed E-state index contributed by atoms with van der Waals surface area (Å²) in [5, 5.41) is 5.21. The summed E-state index contributed by atoms with van der Waals surface area (Å²) in [5.74, 6) is -0.226. The highest BCUT2D eigenvalue weighted by atomic mass is 32.1. The van der Waals surface area contributed by atoms with Crippen molar-refractivity contribution < 1.29 is 17.9 Å². The molecule has 1 aromatic heterocycles. The Morgan fingerprint density at radius 1 is 0.833 bits per heavy atom. The fraction of sp³-hybridized carbons (Fsp3) is 0.0556. The van der Waals surface area contributed by atoms with Gasteiger partial charge in [-0.05, 0) is 46.2 Å². The van der Waals surface area contributed by atoms with Gasteiger partial charge in [-0.15, -0.1) is 13.2 Å². The Kier molecular flexibility index (Phi) is 3.42. The number of hydrogen-bond donors (Lipinski definition) is 0. The highest BCUT2D eigenvalue weighted by Gasteiger charge is 2.30. The molecule has 0 saturated heterocycles. The third-order valence-electron chi connectivity index (χ3n) is 3.77.